The number of aliphatic hydroxyl groups is 1. The van der Waals surface area contributed by atoms with Crippen LogP contribution in [0.1, 0.15) is 57.9 Å². The van der Waals surface area contributed by atoms with Gasteiger partial charge in [-0.1, -0.05) is 36.4 Å². The van der Waals surface area contributed by atoms with Crippen molar-refractivity contribution < 1.29 is 37.5 Å². The van der Waals surface area contributed by atoms with E-state index in [1.54, 1.807) is 0 Å². The zero-order valence-electron chi connectivity index (χ0n) is 25.4. The topological polar surface area (TPSA) is 186 Å². The molecule has 0 spiro atoms. The van der Waals surface area contributed by atoms with E-state index < -0.39 is 39.9 Å². The zero-order valence-corrected chi connectivity index (χ0v) is 26.2. The van der Waals surface area contributed by atoms with E-state index in [-0.39, 0.29) is 65.8 Å². The highest BCUT2D eigenvalue weighted by Gasteiger charge is 2.46. The number of piperidine rings is 1. The van der Waals surface area contributed by atoms with Gasteiger partial charge in [-0.3, -0.25) is 48.8 Å². The van der Waals surface area contributed by atoms with Crippen LogP contribution >= 0.6 is 0 Å². The van der Waals surface area contributed by atoms with Gasteiger partial charge in [-0.25, -0.2) is 0 Å². The van der Waals surface area contributed by atoms with Gasteiger partial charge in [0.2, 0.25) is 11.8 Å². The van der Waals surface area contributed by atoms with E-state index in [2.05, 4.69) is 15.0 Å². The number of anilines is 1. The quantitative estimate of drug-likeness (QED) is 0.264. The summed E-state index contributed by atoms with van der Waals surface area (Å²) in [7, 11) is -4.11. The van der Waals surface area contributed by atoms with Crippen LogP contribution in [0.25, 0.3) is 0 Å². The van der Waals surface area contributed by atoms with Crippen LogP contribution in [-0.4, -0.2) is 109 Å². The number of fused-ring (bicyclic) bond motifs is 1. The molecule has 2 aromatic carbocycles. The number of nitrogens with one attached hydrogen (secondary N) is 2. The van der Waals surface area contributed by atoms with Crippen LogP contribution in [0, 0.1) is 0 Å². The number of rotatable bonds is 9. The second-order valence-electron chi connectivity index (χ2n) is 11.9. The number of amides is 4. The molecule has 0 bridgehead atoms. The van der Waals surface area contributed by atoms with Crippen molar-refractivity contribution in [3.05, 3.63) is 76.6 Å². The van der Waals surface area contributed by atoms with Crippen molar-refractivity contribution in [2.45, 2.75) is 37.6 Å². The lowest BCUT2D eigenvalue weighted by atomic mass is 9.83. The van der Waals surface area contributed by atoms with Crippen molar-refractivity contribution >= 4 is 51.5 Å². The fraction of sp³-hybridized carbons (Fsp3) is 0.375. The Bertz CT molecular complexity index is 1800. The van der Waals surface area contributed by atoms with Gasteiger partial charge < -0.3 is 5.11 Å². The Morgan fingerprint density at radius 2 is 1.68 bits per heavy atom. The summed E-state index contributed by atoms with van der Waals surface area (Å²) in [4.78, 5) is 70.2. The summed E-state index contributed by atoms with van der Waals surface area (Å²) in [5, 5.41) is 12.7. The molecule has 4 amide bonds. The van der Waals surface area contributed by atoms with Gasteiger partial charge in [0.25, 0.3) is 11.8 Å². The lowest BCUT2D eigenvalue weighted by Crippen LogP contribution is -2.54. The van der Waals surface area contributed by atoms with Gasteiger partial charge in [0.1, 0.15) is 11.8 Å². The van der Waals surface area contributed by atoms with Crippen molar-refractivity contribution in [3.8, 4) is 0 Å². The Balaban J connectivity index is 1.02. The molecule has 6 rings (SSSR count). The van der Waals surface area contributed by atoms with E-state index in [4.69, 9.17) is 0 Å². The number of ketones is 1. The monoisotopic (exact) mass is 662 g/mol. The standard InChI is InChI=1S/C32H34N6O8S/c39-26-17-21(20-5-2-1-3-6-20)18-27(40)23(26)19-33-11-12-36-13-15-37(16-14-36)47(45,46)35-24-8-4-7-22-29(24)32(44)38(31(22)43)25-9-10-28(41)34-30(25)42/h1-8,19,21,25,35,39H,9-18H2,(H,34,41,42). The summed E-state index contributed by atoms with van der Waals surface area (Å²) < 4.78 is 30.4. The van der Waals surface area contributed by atoms with Gasteiger partial charge in [0.15, 0.2) is 5.78 Å². The first-order valence-electron chi connectivity index (χ1n) is 15.4. The van der Waals surface area contributed by atoms with E-state index in [1.807, 2.05) is 35.2 Å². The molecule has 15 heteroatoms. The molecule has 0 saturated carbocycles. The Labute approximate surface area is 271 Å². The number of Topliss-reactive ketones (excluding diaryl/α,β-unsaturated/α-hetero) is 1. The third-order valence-electron chi connectivity index (χ3n) is 8.90. The van der Waals surface area contributed by atoms with Crippen molar-refractivity contribution in [3.63, 3.8) is 0 Å². The van der Waals surface area contributed by atoms with E-state index >= 15 is 0 Å². The Morgan fingerprint density at radius 1 is 0.936 bits per heavy atom. The minimum absolute atomic E-state index is 0.0135. The molecular formula is C32H34N6O8S. The predicted molar refractivity (Wildman–Crippen MR) is 170 cm³/mol. The van der Waals surface area contributed by atoms with Crippen molar-refractivity contribution in [1.82, 2.24) is 19.4 Å². The molecule has 2 aromatic rings. The average molecular weight is 663 g/mol. The number of carbonyl (C=O) groups is 5. The molecule has 14 nitrogen and oxygen atoms in total. The maximum absolute atomic E-state index is 13.3. The summed E-state index contributed by atoms with van der Waals surface area (Å²) in [6.07, 6.45) is 2.05. The van der Waals surface area contributed by atoms with Crippen LogP contribution < -0.4 is 10.0 Å². The van der Waals surface area contributed by atoms with Gasteiger partial charge >= 0.3 is 10.2 Å². The number of carbonyl (C=O) groups excluding carboxylic acids is 5. The van der Waals surface area contributed by atoms with Gasteiger partial charge in [-0.05, 0) is 30.0 Å². The second-order valence-corrected chi connectivity index (χ2v) is 13.5. The van der Waals surface area contributed by atoms with Crippen LogP contribution in [0.4, 0.5) is 5.69 Å². The number of piperazine rings is 1. The summed E-state index contributed by atoms with van der Waals surface area (Å²) >= 11 is 0. The molecule has 3 heterocycles. The number of hydrogen-bond acceptors (Lipinski definition) is 10. The summed E-state index contributed by atoms with van der Waals surface area (Å²) in [5.74, 6) is -2.97. The highest BCUT2D eigenvalue weighted by molar-refractivity contribution is 7.90. The third-order valence-corrected chi connectivity index (χ3v) is 10.4. The van der Waals surface area contributed by atoms with Crippen LogP contribution in [0.2, 0.25) is 0 Å². The minimum atomic E-state index is -4.11. The molecule has 246 valence electrons. The molecule has 0 aromatic heterocycles. The highest BCUT2D eigenvalue weighted by atomic mass is 32.2. The minimum Gasteiger partial charge on any atom is -0.511 e. The van der Waals surface area contributed by atoms with Gasteiger partial charge in [-0.2, -0.15) is 12.7 Å². The fourth-order valence-electron chi connectivity index (χ4n) is 6.37. The fourth-order valence-corrected chi connectivity index (χ4v) is 7.59. The molecule has 47 heavy (non-hydrogen) atoms. The lowest BCUT2D eigenvalue weighted by molar-refractivity contribution is -0.136. The maximum atomic E-state index is 13.3. The Kier molecular flexibility index (Phi) is 9.03. The van der Waals surface area contributed by atoms with Crippen LogP contribution in [0.5, 0.6) is 0 Å². The Morgan fingerprint density at radius 3 is 2.38 bits per heavy atom. The number of allylic oxidation sites excluding steroid dienone is 2. The van der Waals surface area contributed by atoms with Gasteiger partial charge in [0.05, 0.1) is 28.9 Å². The van der Waals surface area contributed by atoms with Crippen molar-refractivity contribution in [2.75, 3.05) is 44.0 Å². The first kappa shape index (κ1) is 32.2. The average Bonchev–Trinajstić information content (AvgIpc) is 3.30. The number of aliphatic imine (C=N–C) groups is 1. The highest BCUT2D eigenvalue weighted by Crippen LogP contribution is 2.34. The van der Waals surface area contributed by atoms with Crippen LogP contribution in [0.3, 0.4) is 0 Å². The van der Waals surface area contributed by atoms with Crippen molar-refractivity contribution in [1.29, 1.82) is 0 Å². The smallest absolute Gasteiger partial charge is 0.301 e. The molecule has 1 aliphatic carbocycles. The Hall–Kier alpha value is -4.73. The van der Waals surface area contributed by atoms with E-state index in [9.17, 15) is 37.5 Å². The normalized spacial score (nSPS) is 23.1. The SMILES string of the molecule is O=C1CCC(N2C(=O)c3cccc(NS(=O)(=O)N4CCN(CCN=CC5=C(O)CC(c6ccccc6)CC5=O)CC4)c3C2=O)C(=O)N1. The largest absolute Gasteiger partial charge is 0.511 e. The van der Waals surface area contributed by atoms with Gasteiger partial charge in [-0.15, -0.1) is 0 Å². The van der Waals surface area contributed by atoms with E-state index in [0.717, 1.165) is 10.5 Å². The van der Waals surface area contributed by atoms with Gasteiger partial charge in [0, 0.05) is 58.2 Å². The number of imide groups is 2. The summed E-state index contributed by atoms with van der Waals surface area (Å²) in [6, 6.07) is 12.7. The molecule has 3 N–H and O–H groups in total. The van der Waals surface area contributed by atoms with Crippen molar-refractivity contribution in [2.24, 2.45) is 4.99 Å². The summed E-state index contributed by atoms with van der Waals surface area (Å²) in [6.45, 7) is 2.02. The van der Waals surface area contributed by atoms with Crippen LogP contribution in [-0.2, 0) is 24.6 Å². The molecule has 3 aliphatic heterocycles. The summed E-state index contributed by atoms with van der Waals surface area (Å²) in [5.41, 5.74) is 0.993. The first-order valence-corrected chi connectivity index (χ1v) is 16.8. The number of benzene rings is 2. The molecule has 4 aliphatic rings. The molecule has 2 saturated heterocycles. The third kappa shape index (κ3) is 6.59. The molecule has 2 atom stereocenters. The molecule has 0 radical (unpaired) electrons. The number of aliphatic hydroxyl groups excluding tert-OH is 1. The molecule has 2 unspecified atom stereocenters. The zero-order chi connectivity index (χ0) is 33.3. The lowest BCUT2D eigenvalue weighted by Gasteiger charge is -2.33. The number of hydrogen-bond donors (Lipinski definition) is 3. The molecular weight excluding hydrogens is 628 g/mol. The first-order chi connectivity index (χ1) is 22.5. The maximum Gasteiger partial charge on any atom is 0.301 e. The second kappa shape index (κ2) is 13.2. The molecule has 2 fully saturated rings. The van der Waals surface area contributed by atoms with E-state index in [1.165, 1.54) is 28.7 Å². The van der Waals surface area contributed by atoms with E-state index in [0.29, 0.717) is 39.0 Å². The number of nitrogens with zero attached hydrogens (tertiary/aromatic N) is 4. The predicted octanol–water partition coefficient (Wildman–Crippen LogP) is 1.39. The van der Waals surface area contributed by atoms with Crippen LogP contribution in [0.15, 0.2) is 64.9 Å².